The first-order chi connectivity index (χ1) is 16.2. The monoisotopic (exact) mass is 479 g/mol. The number of esters is 1. The highest BCUT2D eigenvalue weighted by Gasteiger charge is 2.29. The van der Waals surface area contributed by atoms with Crippen molar-refractivity contribution in [1.82, 2.24) is 4.72 Å². The third-order valence-electron chi connectivity index (χ3n) is 5.12. The number of anilines is 2. The molecule has 1 aliphatic rings. The van der Waals surface area contributed by atoms with Gasteiger partial charge < -0.3 is 15.4 Å². The lowest BCUT2D eigenvalue weighted by Gasteiger charge is -2.28. The van der Waals surface area contributed by atoms with Crippen LogP contribution in [0.1, 0.15) is 39.4 Å². The van der Waals surface area contributed by atoms with Gasteiger partial charge in [-0.1, -0.05) is 36.4 Å². The van der Waals surface area contributed by atoms with Crippen LogP contribution >= 0.6 is 0 Å². The number of fused-ring (bicyclic) bond motifs is 1. The lowest BCUT2D eigenvalue weighted by molar-refractivity contribution is -0.119. The molecule has 9 nitrogen and oxygen atoms in total. The summed E-state index contributed by atoms with van der Waals surface area (Å²) >= 11 is 0. The fraction of sp³-hybridized carbons (Fsp3) is 0.125. The van der Waals surface area contributed by atoms with Crippen molar-refractivity contribution in [3.63, 3.8) is 0 Å². The first kappa shape index (κ1) is 23.1. The number of nitrogens with one attached hydrogen (secondary N) is 3. The van der Waals surface area contributed by atoms with Crippen molar-refractivity contribution < 1.29 is 27.5 Å². The Kier molecular flexibility index (Phi) is 6.44. The van der Waals surface area contributed by atoms with E-state index in [1.165, 1.54) is 31.2 Å². The number of carbonyl (C=O) groups is 3. The maximum absolute atomic E-state index is 12.5. The average molecular weight is 480 g/mol. The summed E-state index contributed by atoms with van der Waals surface area (Å²) in [5, 5.41) is 5.68. The van der Waals surface area contributed by atoms with Crippen molar-refractivity contribution >= 4 is 39.1 Å². The van der Waals surface area contributed by atoms with E-state index in [-0.39, 0.29) is 16.2 Å². The molecule has 0 saturated carbocycles. The maximum Gasteiger partial charge on any atom is 0.338 e. The Morgan fingerprint density at radius 2 is 1.68 bits per heavy atom. The molecule has 3 aromatic carbocycles. The van der Waals surface area contributed by atoms with Gasteiger partial charge in [0.2, 0.25) is 10.0 Å². The topological polar surface area (TPSA) is 131 Å². The van der Waals surface area contributed by atoms with E-state index in [9.17, 15) is 22.8 Å². The summed E-state index contributed by atoms with van der Waals surface area (Å²) in [5.74, 6) is -1.39. The van der Waals surface area contributed by atoms with E-state index in [0.29, 0.717) is 22.5 Å². The second-order valence-corrected chi connectivity index (χ2v) is 9.26. The summed E-state index contributed by atoms with van der Waals surface area (Å²) in [7, 11) is -3.68. The zero-order chi connectivity index (χ0) is 24.3. The van der Waals surface area contributed by atoms with Gasteiger partial charge in [0.1, 0.15) is 11.1 Å². The number of amides is 1. The molecule has 1 heterocycles. The second-order valence-electron chi connectivity index (χ2n) is 7.58. The van der Waals surface area contributed by atoms with Crippen LogP contribution in [0.15, 0.2) is 77.7 Å². The van der Waals surface area contributed by atoms with E-state index in [1.54, 1.807) is 48.5 Å². The quantitative estimate of drug-likeness (QED) is 0.366. The molecule has 4 rings (SSSR count). The lowest BCUT2D eigenvalue weighted by Crippen LogP contribution is -2.38. The molecule has 1 aliphatic heterocycles. The summed E-state index contributed by atoms with van der Waals surface area (Å²) in [6.45, 7) is 0.915. The SMILES string of the molecule is CC(=O)c1cccc(NC(=O)COC(=O)c2ccc(C3Nc4ccccc4S(=O)(=O)N3)cc2)c1. The molecule has 0 radical (unpaired) electrons. The number of Topliss-reactive ketones (excluding diaryl/α,β-unsaturated/α-hetero) is 1. The minimum Gasteiger partial charge on any atom is -0.452 e. The summed E-state index contributed by atoms with van der Waals surface area (Å²) in [6, 6.07) is 19.2. The Hall–Kier alpha value is -4.02. The van der Waals surface area contributed by atoms with Crippen LogP contribution in [-0.4, -0.2) is 32.7 Å². The third kappa shape index (κ3) is 5.13. The molecule has 3 aromatic rings. The number of ether oxygens (including phenoxy) is 1. The van der Waals surface area contributed by atoms with E-state index in [1.807, 2.05) is 0 Å². The standard InChI is InChI=1S/C24H21N3O6S/c1-15(28)18-5-4-6-19(13-18)25-22(29)14-33-24(30)17-11-9-16(10-12-17)23-26-20-7-2-3-8-21(20)34(31,32)27-23/h2-13,23,26-27H,14H2,1H3,(H,25,29). The molecular weight excluding hydrogens is 458 g/mol. The van der Waals surface area contributed by atoms with Gasteiger partial charge in [-0.25, -0.2) is 13.2 Å². The number of rotatable bonds is 6. The largest absolute Gasteiger partial charge is 0.452 e. The molecule has 174 valence electrons. The minimum absolute atomic E-state index is 0.133. The van der Waals surface area contributed by atoms with Crippen molar-refractivity contribution in [2.45, 2.75) is 18.0 Å². The molecule has 0 aromatic heterocycles. The van der Waals surface area contributed by atoms with Crippen LogP contribution in [0.2, 0.25) is 0 Å². The zero-order valence-electron chi connectivity index (χ0n) is 18.1. The molecule has 0 saturated heterocycles. The van der Waals surface area contributed by atoms with E-state index >= 15 is 0 Å². The van der Waals surface area contributed by atoms with Gasteiger partial charge in [0.05, 0.1) is 11.3 Å². The van der Waals surface area contributed by atoms with Crippen LogP contribution in [-0.2, 0) is 19.6 Å². The molecule has 0 bridgehead atoms. The Labute approximate surface area is 196 Å². The number of benzene rings is 3. The van der Waals surface area contributed by atoms with Crippen molar-refractivity contribution in [3.05, 3.63) is 89.5 Å². The maximum atomic E-state index is 12.5. The smallest absolute Gasteiger partial charge is 0.338 e. The number of hydrogen-bond donors (Lipinski definition) is 3. The predicted octanol–water partition coefficient (Wildman–Crippen LogP) is 3.09. The highest BCUT2D eigenvalue weighted by Crippen LogP contribution is 2.30. The van der Waals surface area contributed by atoms with Gasteiger partial charge in [0, 0.05) is 11.3 Å². The van der Waals surface area contributed by atoms with Crippen LogP contribution in [0.25, 0.3) is 0 Å². The summed E-state index contributed by atoms with van der Waals surface area (Å²) in [4.78, 5) is 36.0. The van der Waals surface area contributed by atoms with Gasteiger partial charge in [-0.05, 0) is 48.9 Å². The normalized spacial score (nSPS) is 16.0. The van der Waals surface area contributed by atoms with E-state index < -0.39 is 34.7 Å². The minimum atomic E-state index is -3.68. The number of sulfonamides is 1. The Balaban J connectivity index is 1.36. The molecular formula is C24H21N3O6S. The first-order valence-electron chi connectivity index (χ1n) is 10.3. The van der Waals surface area contributed by atoms with Gasteiger partial charge in [0.25, 0.3) is 5.91 Å². The van der Waals surface area contributed by atoms with E-state index in [2.05, 4.69) is 15.4 Å². The van der Waals surface area contributed by atoms with Crippen molar-refractivity contribution in [2.24, 2.45) is 0 Å². The van der Waals surface area contributed by atoms with Crippen LogP contribution in [0.3, 0.4) is 0 Å². The average Bonchev–Trinajstić information content (AvgIpc) is 2.82. The van der Waals surface area contributed by atoms with Gasteiger partial charge in [-0.2, -0.15) is 4.72 Å². The molecule has 3 N–H and O–H groups in total. The van der Waals surface area contributed by atoms with Crippen molar-refractivity contribution in [1.29, 1.82) is 0 Å². The van der Waals surface area contributed by atoms with Crippen molar-refractivity contribution in [3.8, 4) is 0 Å². The third-order valence-corrected chi connectivity index (χ3v) is 6.60. The number of hydrogen-bond acceptors (Lipinski definition) is 7. The van der Waals surface area contributed by atoms with Gasteiger partial charge in [-0.3, -0.25) is 9.59 Å². The Morgan fingerprint density at radius 3 is 2.41 bits per heavy atom. The second kappa shape index (κ2) is 9.46. The van der Waals surface area contributed by atoms with Gasteiger partial charge in [0.15, 0.2) is 12.4 Å². The number of para-hydroxylation sites is 1. The molecule has 10 heteroatoms. The lowest BCUT2D eigenvalue weighted by atomic mass is 10.1. The Bertz CT molecular complexity index is 1370. The van der Waals surface area contributed by atoms with Crippen LogP contribution < -0.4 is 15.4 Å². The van der Waals surface area contributed by atoms with Crippen LogP contribution in [0.4, 0.5) is 11.4 Å². The number of ketones is 1. The van der Waals surface area contributed by atoms with E-state index in [4.69, 9.17) is 4.74 Å². The van der Waals surface area contributed by atoms with E-state index in [0.717, 1.165) is 0 Å². The zero-order valence-corrected chi connectivity index (χ0v) is 18.9. The molecule has 0 fully saturated rings. The highest BCUT2D eigenvalue weighted by molar-refractivity contribution is 7.89. The molecule has 0 spiro atoms. The molecule has 34 heavy (non-hydrogen) atoms. The molecule has 0 aliphatic carbocycles. The molecule has 1 atom stereocenters. The van der Waals surface area contributed by atoms with Gasteiger partial charge >= 0.3 is 5.97 Å². The highest BCUT2D eigenvalue weighted by atomic mass is 32.2. The van der Waals surface area contributed by atoms with Crippen LogP contribution in [0.5, 0.6) is 0 Å². The number of carbonyl (C=O) groups excluding carboxylic acids is 3. The first-order valence-corrected chi connectivity index (χ1v) is 11.8. The fourth-order valence-electron chi connectivity index (χ4n) is 3.41. The fourth-order valence-corrected chi connectivity index (χ4v) is 4.72. The summed E-state index contributed by atoms with van der Waals surface area (Å²) in [5.41, 5.74) is 2.15. The van der Waals surface area contributed by atoms with Crippen LogP contribution in [0, 0.1) is 0 Å². The van der Waals surface area contributed by atoms with Gasteiger partial charge in [-0.15, -0.1) is 0 Å². The predicted molar refractivity (Wildman–Crippen MR) is 125 cm³/mol. The summed E-state index contributed by atoms with van der Waals surface area (Å²) in [6.07, 6.45) is -0.707. The Morgan fingerprint density at radius 1 is 0.941 bits per heavy atom. The molecule has 1 unspecified atom stereocenters. The summed E-state index contributed by atoms with van der Waals surface area (Å²) < 4.78 is 32.6. The molecule has 1 amide bonds. The van der Waals surface area contributed by atoms with Crippen molar-refractivity contribution in [2.75, 3.05) is 17.2 Å².